The molecule has 1 aromatic heterocycles. The summed E-state index contributed by atoms with van der Waals surface area (Å²) in [4.78, 5) is 12.2. The molecule has 1 aromatic carbocycles. The van der Waals surface area contributed by atoms with Gasteiger partial charge in [-0.1, -0.05) is 23.2 Å². The van der Waals surface area contributed by atoms with E-state index in [0.717, 1.165) is 4.90 Å². The van der Waals surface area contributed by atoms with Crippen molar-refractivity contribution in [2.45, 2.75) is 10.1 Å². The zero-order valence-corrected chi connectivity index (χ0v) is 11.3. The molecule has 0 radical (unpaired) electrons. The van der Waals surface area contributed by atoms with Gasteiger partial charge >= 0.3 is 0 Å². The summed E-state index contributed by atoms with van der Waals surface area (Å²) in [5.74, 6) is 0.0608. The topological polar surface area (TPSA) is 64.7 Å². The van der Waals surface area contributed by atoms with Crippen LogP contribution in [0.2, 0.25) is 15.3 Å². The van der Waals surface area contributed by atoms with Gasteiger partial charge in [0.05, 0.1) is 5.02 Å². The van der Waals surface area contributed by atoms with E-state index in [4.69, 9.17) is 40.5 Å². The van der Waals surface area contributed by atoms with Crippen LogP contribution in [0.3, 0.4) is 0 Å². The highest BCUT2D eigenvalue weighted by molar-refractivity contribution is 7.99. The number of nitrogen functional groups attached to an aromatic ring is 1. The average Bonchev–Trinajstić information content (AvgIpc) is 2.22. The fraction of sp³-hybridized carbons (Fsp3) is 0. The van der Waals surface area contributed by atoms with Crippen molar-refractivity contribution in [3.05, 3.63) is 33.5 Å². The maximum Gasteiger partial charge on any atom is 0.228 e. The summed E-state index contributed by atoms with van der Waals surface area (Å²) >= 11 is 18.8. The number of hydrogen-bond donors (Lipinski definition) is 1. The first-order valence-electron chi connectivity index (χ1n) is 4.34. The van der Waals surface area contributed by atoms with Gasteiger partial charge in [0, 0.05) is 9.92 Å². The van der Waals surface area contributed by atoms with Crippen LogP contribution in [-0.2, 0) is 0 Å². The highest BCUT2D eigenvalue weighted by Crippen LogP contribution is 2.33. The molecule has 8 heteroatoms. The number of benzene rings is 1. The van der Waals surface area contributed by atoms with E-state index in [9.17, 15) is 0 Å². The van der Waals surface area contributed by atoms with E-state index in [1.807, 2.05) is 0 Å². The van der Waals surface area contributed by atoms with E-state index in [2.05, 4.69) is 15.0 Å². The molecule has 0 aliphatic heterocycles. The van der Waals surface area contributed by atoms with Crippen LogP contribution in [0.15, 0.2) is 28.3 Å². The first kappa shape index (κ1) is 12.7. The van der Waals surface area contributed by atoms with Crippen molar-refractivity contribution in [3.63, 3.8) is 0 Å². The van der Waals surface area contributed by atoms with E-state index >= 15 is 0 Å². The van der Waals surface area contributed by atoms with Crippen LogP contribution in [0.25, 0.3) is 0 Å². The van der Waals surface area contributed by atoms with E-state index in [0.29, 0.717) is 15.2 Å². The lowest BCUT2D eigenvalue weighted by atomic mass is 10.4. The molecular weight excluding hydrogens is 303 g/mol. The molecule has 88 valence electrons. The normalized spacial score (nSPS) is 10.5. The van der Waals surface area contributed by atoms with Crippen molar-refractivity contribution in [2.75, 3.05) is 5.73 Å². The molecule has 2 rings (SSSR count). The first-order chi connectivity index (χ1) is 8.04. The fourth-order valence-corrected chi connectivity index (χ4v) is 2.55. The van der Waals surface area contributed by atoms with Crippen LogP contribution < -0.4 is 5.73 Å². The minimum Gasteiger partial charge on any atom is -0.368 e. The third kappa shape index (κ3) is 3.35. The Kier molecular flexibility index (Phi) is 3.93. The van der Waals surface area contributed by atoms with Gasteiger partial charge in [0.2, 0.25) is 11.2 Å². The molecule has 0 unspecified atom stereocenters. The van der Waals surface area contributed by atoms with Crippen LogP contribution >= 0.6 is 46.6 Å². The Hall–Kier alpha value is -0.750. The second-order valence-corrected chi connectivity index (χ2v) is 5.11. The zero-order chi connectivity index (χ0) is 12.4. The minimum absolute atomic E-state index is 0.0400. The second kappa shape index (κ2) is 5.27. The highest BCUT2D eigenvalue weighted by Gasteiger charge is 2.08. The number of rotatable bonds is 2. The van der Waals surface area contributed by atoms with Crippen LogP contribution in [0, 0.1) is 0 Å². The predicted molar refractivity (Wildman–Crippen MR) is 69.8 cm³/mol. The van der Waals surface area contributed by atoms with E-state index < -0.39 is 0 Å². The number of halogens is 3. The van der Waals surface area contributed by atoms with Crippen molar-refractivity contribution in [1.29, 1.82) is 0 Å². The summed E-state index contributed by atoms with van der Waals surface area (Å²) in [6, 6.07) is 5.10. The monoisotopic (exact) mass is 306 g/mol. The molecule has 0 aliphatic rings. The summed E-state index contributed by atoms with van der Waals surface area (Å²) < 4.78 is 0. The summed E-state index contributed by atoms with van der Waals surface area (Å²) in [7, 11) is 0. The summed E-state index contributed by atoms with van der Waals surface area (Å²) in [5.41, 5.74) is 5.46. The van der Waals surface area contributed by atoms with E-state index in [1.165, 1.54) is 11.8 Å². The molecule has 0 saturated heterocycles. The largest absolute Gasteiger partial charge is 0.368 e. The average molecular weight is 308 g/mol. The van der Waals surface area contributed by atoms with Crippen LogP contribution in [0.5, 0.6) is 0 Å². The Morgan fingerprint density at radius 3 is 2.53 bits per heavy atom. The summed E-state index contributed by atoms with van der Waals surface area (Å²) in [5, 5.41) is 1.53. The smallest absolute Gasteiger partial charge is 0.228 e. The molecule has 2 aromatic rings. The Balaban J connectivity index is 2.34. The van der Waals surface area contributed by atoms with Gasteiger partial charge in [0.25, 0.3) is 0 Å². The molecular formula is C9H5Cl3N4S. The third-order valence-corrected chi connectivity index (χ3v) is 3.47. The zero-order valence-electron chi connectivity index (χ0n) is 8.19. The molecule has 0 aliphatic carbocycles. The summed E-state index contributed by atoms with van der Waals surface area (Å²) in [6.45, 7) is 0. The quantitative estimate of drug-likeness (QED) is 0.919. The lowest BCUT2D eigenvalue weighted by Crippen LogP contribution is -1.98. The third-order valence-electron chi connectivity index (χ3n) is 1.70. The van der Waals surface area contributed by atoms with Crippen LogP contribution in [0.4, 0.5) is 5.95 Å². The van der Waals surface area contributed by atoms with Crippen molar-refractivity contribution < 1.29 is 0 Å². The van der Waals surface area contributed by atoms with Crippen LogP contribution in [0.1, 0.15) is 0 Å². The molecule has 2 N–H and O–H groups in total. The molecule has 1 heterocycles. The molecule has 0 atom stereocenters. The Morgan fingerprint density at radius 1 is 1.06 bits per heavy atom. The van der Waals surface area contributed by atoms with Gasteiger partial charge in [-0.05, 0) is 41.6 Å². The van der Waals surface area contributed by atoms with Gasteiger partial charge in [-0.3, -0.25) is 0 Å². The number of aromatic nitrogens is 3. The molecule has 0 saturated carbocycles. The van der Waals surface area contributed by atoms with E-state index in [1.54, 1.807) is 18.2 Å². The standard InChI is InChI=1S/C9H5Cl3N4S/c10-4-1-2-5(11)6(3-4)17-9-15-7(12)14-8(13)16-9/h1-3H,(H2,13,14,15,16). The van der Waals surface area contributed by atoms with E-state index in [-0.39, 0.29) is 11.2 Å². The number of nitrogens with zero attached hydrogens (tertiary/aromatic N) is 3. The molecule has 0 amide bonds. The number of anilines is 1. The lowest BCUT2D eigenvalue weighted by molar-refractivity contribution is 0.917. The Bertz CT molecular complexity index is 544. The first-order valence-corrected chi connectivity index (χ1v) is 6.29. The SMILES string of the molecule is Nc1nc(Cl)nc(Sc2cc(Cl)ccc2Cl)n1. The lowest BCUT2D eigenvalue weighted by Gasteiger charge is -2.03. The van der Waals surface area contributed by atoms with Gasteiger partial charge in [-0.15, -0.1) is 0 Å². The van der Waals surface area contributed by atoms with Gasteiger partial charge in [0.15, 0.2) is 5.16 Å². The fourth-order valence-electron chi connectivity index (χ4n) is 1.05. The molecule has 17 heavy (non-hydrogen) atoms. The number of nitrogens with two attached hydrogens (primary N) is 1. The maximum absolute atomic E-state index is 6.01. The van der Waals surface area contributed by atoms with Crippen molar-refractivity contribution in [2.24, 2.45) is 0 Å². The Morgan fingerprint density at radius 2 is 1.82 bits per heavy atom. The second-order valence-electron chi connectivity index (χ2n) is 2.92. The molecule has 4 nitrogen and oxygen atoms in total. The van der Waals surface area contributed by atoms with Gasteiger partial charge in [0.1, 0.15) is 0 Å². The van der Waals surface area contributed by atoms with Crippen LogP contribution in [-0.4, -0.2) is 15.0 Å². The minimum atomic E-state index is 0.0400. The Labute approximate surface area is 117 Å². The van der Waals surface area contributed by atoms with Gasteiger partial charge < -0.3 is 5.73 Å². The van der Waals surface area contributed by atoms with Crippen molar-refractivity contribution in [3.8, 4) is 0 Å². The molecule has 0 spiro atoms. The highest BCUT2D eigenvalue weighted by atomic mass is 35.5. The predicted octanol–water partition coefficient (Wildman–Crippen LogP) is 3.57. The number of hydrogen-bond acceptors (Lipinski definition) is 5. The maximum atomic E-state index is 6.01. The van der Waals surface area contributed by atoms with Gasteiger partial charge in [-0.25, -0.2) is 0 Å². The van der Waals surface area contributed by atoms with Crippen molar-refractivity contribution >= 4 is 52.5 Å². The molecule has 0 fully saturated rings. The van der Waals surface area contributed by atoms with Gasteiger partial charge in [-0.2, -0.15) is 15.0 Å². The molecule has 0 bridgehead atoms. The van der Waals surface area contributed by atoms with Crippen molar-refractivity contribution in [1.82, 2.24) is 15.0 Å². The summed E-state index contributed by atoms with van der Waals surface area (Å²) in [6.07, 6.45) is 0.